The number of methoxy groups -OCH3 is 1. The molecule has 21 heavy (non-hydrogen) atoms. The molecule has 0 N–H and O–H groups in total. The molecule has 0 amide bonds. The average Bonchev–Trinajstić information content (AvgIpc) is 2.53. The number of nitrogens with zero attached hydrogens (tertiary/aromatic N) is 2. The minimum atomic E-state index is -0.945. The van der Waals surface area contributed by atoms with Crippen molar-refractivity contribution in [1.29, 1.82) is 0 Å². The van der Waals surface area contributed by atoms with E-state index in [-0.39, 0.29) is 0 Å². The molecule has 1 aromatic heterocycles. The second-order valence-electron chi connectivity index (χ2n) is 4.32. The number of thioether (sulfide) groups is 1. The summed E-state index contributed by atoms with van der Waals surface area (Å²) in [7, 11) is 1.28. The van der Waals surface area contributed by atoms with E-state index in [4.69, 9.17) is 9.47 Å². The molecule has 1 aromatic carbocycles. The van der Waals surface area contributed by atoms with Crippen LogP contribution in [0.25, 0.3) is 11.3 Å². The summed E-state index contributed by atoms with van der Waals surface area (Å²) in [5, 5.41) is 0.537. The molecule has 3 rings (SSSR count). The van der Waals surface area contributed by atoms with Crippen LogP contribution in [0, 0.1) is 5.82 Å². The zero-order chi connectivity index (χ0) is 15.0. The molecule has 0 saturated carbocycles. The minimum Gasteiger partial charge on any atom is -0.473 e. The molecule has 1 atom stereocenters. The highest BCUT2D eigenvalue weighted by atomic mass is 32.2. The number of rotatable bonds is 2. The van der Waals surface area contributed by atoms with Gasteiger partial charge in [-0.1, -0.05) is 11.8 Å². The van der Waals surface area contributed by atoms with E-state index in [1.54, 1.807) is 0 Å². The Morgan fingerprint density at radius 2 is 2.29 bits per heavy atom. The number of carbonyl (C=O) groups is 1. The maximum absolute atomic E-state index is 13.5. The second-order valence-corrected chi connectivity index (χ2v) is 5.10. The predicted octanol–water partition coefficient (Wildman–Crippen LogP) is 2.61. The van der Waals surface area contributed by atoms with Crippen LogP contribution in [0.4, 0.5) is 4.39 Å². The molecule has 0 saturated heterocycles. The summed E-state index contributed by atoms with van der Waals surface area (Å²) >= 11 is 1.36. The summed E-state index contributed by atoms with van der Waals surface area (Å²) in [6, 6.07) is 4.08. The summed E-state index contributed by atoms with van der Waals surface area (Å²) in [4.78, 5) is 20.4. The van der Waals surface area contributed by atoms with Gasteiger partial charge >= 0.3 is 5.97 Å². The fourth-order valence-electron chi connectivity index (χ4n) is 2.14. The highest BCUT2D eigenvalue weighted by Crippen LogP contribution is 2.42. The van der Waals surface area contributed by atoms with Crippen LogP contribution < -0.4 is 4.74 Å². The topological polar surface area (TPSA) is 61.3 Å². The van der Waals surface area contributed by atoms with Crippen LogP contribution in [-0.2, 0) is 9.53 Å². The lowest BCUT2D eigenvalue weighted by Gasteiger charge is -2.26. The van der Waals surface area contributed by atoms with E-state index in [1.165, 1.54) is 43.3 Å². The van der Waals surface area contributed by atoms with E-state index in [2.05, 4.69) is 9.97 Å². The number of hydrogen-bond donors (Lipinski definition) is 0. The summed E-state index contributed by atoms with van der Waals surface area (Å²) < 4.78 is 23.9. The molecule has 0 bridgehead atoms. The predicted molar refractivity (Wildman–Crippen MR) is 74.6 cm³/mol. The molecule has 5 nitrogen and oxygen atoms in total. The van der Waals surface area contributed by atoms with E-state index >= 15 is 0 Å². The van der Waals surface area contributed by atoms with E-state index in [9.17, 15) is 9.18 Å². The molecule has 0 radical (unpaired) electrons. The van der Waals surface area contributed by atoms with Crippen LogP contribution in [-0.4, -0.2) is 29.3 Å². The van der Waals surface area contributed by atoms with Crippen molar-refractivity contribution in [2.75, 3.05) is 13.4 Å². The van der Waals surface area contributed by atoms with Crippen molar-refractivity contribution >= 4 is 17.7 Å². The van der Waals surface area contributed by atoms with Gasteiger partial charge in [0.05, 0.1) is 12.8 Å². The Labute approximate surface area is 124 Å². The van der Waals surface area contributed by atoms with Gasteiger partial charge in [0.25, 0.3) is 0 Å². The number of aromatic nitrogens is 2. The second kappa shape index (κ2) is 5.33. The van der Waals surface area contributed by atoms with Crippen LogP contribution in [0.15, 0.2) is 29.6 Å². The quantitative estimate of drug-likeness (QED) is 0.483. The first-order valence-corrected chi connectivity index (χ1v) is 7.32. The van der Waals surface area contributed by atoms with Gasteiger partial charge < -0.3 is 9.47 Å². The maximum atomic E-state index is 13.5. The lowest BCUT2D eigenvalue weighted by Crippen LogP contribution is -2.24. The molecule has 1 aliphatic rings. The first-order valence-electron chi connectivity index (χ1n) is 6.09. The van der Waals surface area contributed by atoms with E-state index in [0.29, 0.717) is 27.7 Å². The summed E-state index contributed by atoms with van der Waals surface area (Å²) in [6.07, 6.45) is 2.41. The van der Waals surface area contributed by atoms with Crippen molar-refractivity contribution in [3.8, 4) is 17.0 Å². The summed E-state index contributed by atoms with van der Waals surface area (Å²) in [5.41, 5.74) is 1.46. The van der Waals surface area contributed by atoms with Gasteiger partial charge in [-0.2, -0.15) is 0 Å². The molecule has 2 aromatic rings. The number of esters is 1. The van der Waals surface area contributed by atoms with Crippen molar-refractivity contribution in [3.63, 3.8) is 0 Å². The molecule has 0 aliphatic carbocycles. The molecule has 7 heteroatoms. The number of hydrogen-bond acceptors (Lipinski definition) is 6. The first kappa shape index (κ1) is 13.8. The molecular formula is C14H11FN2O3S. The minimum absolute atomic E-state index is 0.394. The van der Waals surface area contributed by atoms with E-state index in [0.717, 1.165) is 0 Å². The third kappa shape index (κ3) is 2.33. The van der Waals surface area contributed by atoms with Crippen molar-refractivity contribution < 1.29 is 18.7 Å². The standard InChI is InChI=1S/C14H11FN2O3S/c1-19-13(18)12-9-6-16-14(21-2)17-11(9)8-5-7(15)3-4-10(8)20-12/h3-6,12H,1-2H3/t12-/m1/s1. The van der Waals surface area contributed by atoms with Gasteiger partial charge in [-0.05, 0) is 24.5 Å². The Balaban J connectivity index is 2.22. The molecule has 1 aliphatic heterocycles. The van der Waals surface area contributed by atoms with Gasteiger partial charge in [0.15, 0.2) is 5.16 Å². The monoisotopic (exact) mass is 306 g/mol. The lowest BCUT2D eigenvalue weighted by atomic mass is 9.99. The number of ether oxygens (including phenoxy) is 2. The molecular weight excluding hydrogens is 295 g/mol. The van der Waals surface area contributed by atoms with Gasteiger partial charge in [-0.3, -0.25) is 0 Å². The Morgan fingerprint density at radius 1 is 1.48 bits per heavy atom. The van der Waals surface area contributed by atoms with E-state index in [1.807, 2.05) is 6.26 Å². The zero-order valence-electron chi connectivity index (χ0n) is 11.3. The van der Waals surface area contributed by atoms with Crippen molar-refractivity contribution in [2.24, 2.45) is 0 Å². The Kier molecular flexibility index (Phi) is 3.50. The normalized spacial score (nSPS) is 15.7. The van der Waals surface area contributed by atoms with Crippen molar-refractivity contribution in [1.82, 2.24) is 9.97 Å². The van der Waals surface area contributed by atoms with Gasteiger partial charge in [-0.15, -0.1) is 0 Å². The van der Waals surface area contributed by atoms with Gasteiger partial charge in [0.1, 0.15) is 11.6 Å². The molecule has 0 spiro atoms. The van der Waals surface area contributed by atoms with Crippen LogP contribution in [0.5, 0.6) is 5.75 Å². The number of fused-ring (bicyclic) bond motifs is 3. The number of benzene rings is 1. The summed E-state index contributed by atoms with van der Waals surface area (Å²) in [6.45, 7) is 0. The fraction of sp³-hybridized carbons (Fsp3) is 0.214. The van der Waals surface area contributed by atoms with Crippen LogP contribution in [0.1, 0.15) is 11.7 Å². The fourth-order valence-corrected chi connectivity index (χ4v) is 2.48. The largest absolute Gasteiger partial charge is 0.473 e. The average molecular weight is 306 g/mol. The number of halogens is 1. The third-order valence-corrected chi connectivity index (χ3v) is 3.68. The first-order chi connectivity index (χ1) is 10.1. The van der Waals surface area contributed by atoms with Crippen LogP contribution in [0.3, 0.4) is 0 Å². The molecule has 108 valence electrons. The Bertz CT molecular complexity index is 723. The number of carbonyl (C=O) groups excluding carboxylic acids is 1. The summed E-state index contributed by atoms with van der Waals surface area (Å²) in [5.74, 6) is -0.555. The van der Waals surface area contributed by atoms with Gasteiger partial charge in [-0.25, -0.2) is 19.2 Å². The van der Waals surface area contributed by atoms with Gasteiger partial charge in [0.2, 0.25) is 6.10 Å². The van der Waals surface area contributed by atoms with Crippen molar-refractivity contribution in [3.05, 3.63) is 35.8 Å². The molecule has 2 heterocycles. The highest BCUT2D eigenvalue weighted by Gasteiger charge is 2.34. The van der Waals surface area contributed by atoms with E-state index < -0.39 is 17.9 Å². The SMILES string of the molecule is COC(=O)[C@@H]1Oc2ccc(F)cc2-c2nc(SC)ncc21. The van der Waals surface area contributed by atoms with Gasteiger partial charge in [0, 0.05) is 17.3 Å². The lowest BCUT2D eigenvalue weighted by molar-refractivity contribution is -0.149. The third-order valence-electron chi connectivity index (χ3n) is 3.12. The van der Waals surface area contributed by atoms with Crippen LogP contribution >= 0.6 is 11.8 Å². The van der Waals surface area contributed by atoms with Crippen LogP contribution in [0.2, 0.25) is 0 Å². The smallest absolute Gasteiger partial charge is 0.351 e. The molecule has 0 unspecified atom stereocenters. The highest BCUT2D eigenvalue weighted by molar-refractivity contribution is 7.98. The Morgan fingerprint density at radius 3 is 3.00 bits per heavy atom. The Hall–Kier alpha value is -2.15. The maximum Gasteiger partial charge on any atom is 0.351 e. The van der Waals surface area contributed by atoms with Crippen molar-refractivity contribution in [2.45, 2.75) is 11.3 Å². The zero-order valence-corrected chi connectivity index (χ0v) is 12.1. The molecule has 0 fully saturated rings.